The minimum absolute atomic E-state index is 0.239. The molecule has 1 aromatic rings. The lowest BCUT2D eigenvalue weighted by Crippen LogP contribution is -2.23. The number of hydrogen-bond donors (Lipinski definition) is 2. The van der Waals surface area contributed by atoms with Crippen LogP contribution >= 0.6 is 23.2 Å². The van der Waals surface area contributed by atoms with Crippen LogP contribution in [0.25, 0.3) is 0 Å². The maximum absolute atomic E-state index is 9.21. The zero-order valence-corrected chi connectivity index (χ0v) is 8.55. The van der Waals surface area contributed by atoms with Gasteiger partial charge in [-0.05, 0) is 18.6 Å². The van der Waals surface area contributed by atoms with E-state index in [0.717, 1.165) is 0 Å². The van der Waals surface area contributed by atoms with Gasteiger partial charge >= 0.3 is 0 Å². The topological polar surface area (TPSA) is 59.1 Å². The van der Waals surface area contributed by atoms with E-state index in [1.807, 2.05) is 0 Å². The Bertz CT molecular complexity index is 304. The fourth-order valence-electron chi connectivity index (χ4n) is 0.897. The third kappa shape index (κ3) is 2.54. The molecule has 3 N–H and O–H groups in total. The first kappa shape index (κ1) is 10.7. The van der Waals surface area contributed by atoms with Crippen molar-refractivity contribution >= 4 is 23.2 Å². The SMILES string of the molecule is C[C@H](O)[C@H](N)c1cnc(Cl)c(Cl)c1. The highest BCUT2D eigenvalue weighted by atomic mass is 35.5. The second-order valence-corrected chi connectivity index (χ2v) is 3.57. The van der Waals surface area contributed by atoms with Gasteiger partial charge in [-0.2, -0.15) is 0 Å². The van der Waals surface area contributed by atoms with Crippen LogP contribution in [0.2, 0.25) is 10.2 Å². The van der Waals surface area contributed by atoms with Crippen molar-refractivity contribution in [3.63, 3.8) is 0 Å². The third-order valence-corrected chi connectivity index (χ3v) is 2.41. The molecule has 0 saturated carbocycles. The third-order valence-electron chi connectivity index (χ3n) is 1.72. The molecular weight excluding hydrogens is 211 g/mol. The van der Waals surface area contributed by atoms with Crippen LogP contribution in [0.4, 0.5) is 0 Å². The van der Waals surface area contributed by atoms with E-state index >= 15 is 0 Å². The minimum atomic E-state index is -0.640. The lowest BCUT2D eigenvalue weighted by Gasteiger charge is -2.14. The first-order chi connectivity index (χ1) is 6.02. The van der Waals surface area contributed by atoms with Gasteiger partial charge in [-0.1, -0.05) is 23.2 Å². The number of rotatable bonds is 2. The molecule has 0 aromatic carbocycles. The van der Waals surface area contributed by atoms with Gasteiger partial charge in [0.25, 0.3) is 0 Å². The van der Waals surface area contributed by atoms with Gasteiger partial charge in [0.05, 0.1) is 17.2 Å². The summed E-state index contributed by atoms with van der Waals surface area (Å²) in [6, 6.07) is 1.12. The molecule has 2 atom stereocenters. The van der Waals surface area contributed by atoms with E-state index in [1.54, 1.807) is 13.0 Å². The Kier molecular flexibility index (Phi) is 3.50. The molecule has 0 bridgehead atoms. The van der Waals surface area contributed by atoms with Crippen LogP contribution < -0.4 is 5.73 Å². The summed E-state index contributed by atoms with van der Waals surface area (Å²) in [5.74, 6) is 0. The van der Waals surface area contributed by atoms with Gasteiger partial charge in [-0.3, -0.25) is 0 Å². The van der Waals surface area contributed by atoms with Gasteiger partial charge in [0.2, 0.25) is 0 Å². The summed E-state index contributed by atoms with van der Waals surface area (Å²) >= 11 is 11.3. The quantitative estimate of drug-likeness (QED) is 0.748. The number of aliphatic hydroxyl groups excluding tert-OH is 1. The molecule has 3 nitrogen and oxygen atoms in total. The van der Waals surface area contributed by atoms with Gasteiger partial charge in [0.1, 0.15) is 5.15 Å². The molecule has 0 radical (unpaired) electrons. The van der Waals surface area contributed by atoms with Crippen LogP contribution in [-0.2, 0) is 0 Å². The molecule has 0 amide bonds. The molecular formula is C8H10Cl2N2O. The van der Waals surface area contributed by atoms with E-state index in [2.05, 4.69) is 4.98 Å². The minimum Gasteiger partial charge on any atom is -0.391 e. The predicted octanol–water partition coefficient (Wildman–Crippen LogP) is 1.77. The van der Waals surface area contributed by atoms with Crippen molar-refractivity contribution in [1.82, 2.24) is 4.98 Å². The highest BCUT2D eigenvalue weighted by Crippen LogP contribution is 2.23. The molecule has 13 heavy (non-hydrogen) atoms. The maximum atomic E-state index is 9.21. The molecule has 1 heterocycles. The van der Waals surface area contributed by atoms with Crippen LogP contribution in [0.1, 0.15) is 18.5 Å². The predicted molar refractivity (Wildman–Crippen MR) is 52.9 cm³/mol. The lowest BCUT2D eigenvalue weighted by molar-refractivity contribution is 0.164. The summed E-state index contributed by atoms with van der Waals surface area (Å²) in [6.07, 6.45) is 0.866. The summed E-state index contributed by atoms with van der Waals surface area (Å²) < 4.78 is 0. The molecule has 72 valence electrons. The Morgan fingerprint density at radius 3 is 2.62 bits per heavy atom. The van der Waals surface area contributed by atoms with Crippen LogP contribution in [0.5, 0.6) is 0 Å². The normalized spacial score (nSPS) is 15.5. The molecule has 1 rings (SSSR count). The number of aromatic nitrogens is 1. The number of pyridine rings is 1. The van der Waals surface area contributed by atoms with Crippen LogP contribution in [0.15, 0.2) is 12.3 Å². The summed E-state index contributed by atoms with van der Waals surface area (Å²) in [4.78, 5) is 3.82. The maximum Gasteiger partial charge on any atom is 0.147 e. The van der Waals surface area contributed by atoms with Crippen molar-refractivity contribution in [2.45, 2.75) is 19.1 Å². The second-order valence-electron chi connectivity index (χ2n) is 2.81. The molecule has 5 heteroatoms. The summed E-state index contributed by atoms with van der Waals surface area (Å²) in [6.45, 7) is 1.60. The number of nitrogens with zero attached hydrogens (tertiary/aromatic N) is 1. The second kappa shape index (κ2) is 4.24. The number of aliphatic hydroxyl groups is 1. The van der Waals surface area contributed by atoms with E-state index in [1.165, 1.54) is 6.20 Å². The lowest BCUT2D eigenvalue weighted by atomic mass is 10.1. The first-order valence-corrected chi connectivity index (χ1v) is 4.52. The van der Waals surface area contributed by atoms with Gasteiger partial charge in [-0.15, -0.1) is 0 Å². The summed E-state index contributed by atoms with van der Waals surface area (Å²) in [7, 11) is 0. The highest BCUT2D eigenvalue weighted by molar-refractivity contribution is 6.41. The van der Waals surface area contributed by atoms with Crippen molar-refractivity contribution in [3.05, 3.63) is 28.0 Å². The molecule has 0 fully saturated rings. The van der Waals surface area contributed by atoms with Crippen LogP contribution in [0.3, 0.4) is 0 Å². The Labute approximate surface area is 86.5 Å². The Balaban J connectivity index is 2.97. The zero-order chi connectivity index (χ0) is 10.0. The molecule has 0 aliphatic rings. The average molecular weight is 221 g/mol. The zero-order valence-electron chi connectivity index (χ0n) is 7.04. The van der Waals surface area contributed by atoms with Crippen molar-refractivity contribution in [1.29, 1.82) is 0 Å². The Morgan fingerprint density at radius 1 is 1.54 bits per heavy atom. The fraction of sp³-hybridized carbons (Fsp3) is 0.375. The van der Waals surface area contributed by atoms with Crippen molar-refractivity contribution in [3.8, 4) is 0 Å². The van der Waals surface area contributed by atoms with Crippen molar-refractivity contribution in [2.24, 2.45) is 5.73 Å². The van der Waals surface area contributed by atoms with Gasteiger partial charge < -0.3 is 10.8 Å². The molecule has 0 saturated heterocycles. The monoisotopic (exact) mass is 220 g/mol. The van der Waals surface area contributed by atoms with Crippen LogP contribution in [0, 0.1) is 0 Å². The number of hydrogen-bond acceptors (Lipinski definition) is 3. The fourth-order valence-corrected chi connectivity index (χ4v) is 1.17. The Morgan fingerprint density at radius 2 is 2.15 bits per heavy atom. The molecule has 1 aromatic heterocycles. The number of halogens is 2. The van der Waals surface area contributed by atoms with E-state index in [0.29, 0.717) is 10.6 Å². The van der Waals surface area contributed by atoms with Gasteiger partial charge in [0, 0.05) is 6.20 Å². The summed E-state index contributed by atoms with van der Waals surface area (Å²) in [5, 5.41) is 9.79. The Hall–Kier alpha value is -0.350. The van der Waals surface area contributed by atoms with Crippen molar-refractivity contribution < 1.29 is 5.11 Å². The van der Waals surface area contributed by atoms with E-state index < -0.39 is 12.1 Å². The average Bonchev–Trinajstić information content (AvgIpc) is 2.08. The van der Waals surface area contributed by atoms with E-state index in [4.69, 9.17) is 28.9 Å². The highest BCUT2D eigenvalue weighted by Gasteiger charge is 2.13. The largest absolute Gasteiger partial charge is 0.391 e. The van der Waals surface area contributed by atoms with Crippen LogP contribution in [-0.4, -0.2) is 16.2 Å². The first-order valence-electron chi connectivity index (χ1n) is 3.77. The summed E-state index contributed by atoms with van der Waals surface area (Å²) in [5.41, 5.74) is 6.34. The molecule has 0 aliphatic carbocycles. The smallest absolute Gasteiger partial charge is 0.147 e. The molecule has 0 aliphatic heterocycles. The molecule has 0 unspecified atom stereocenters. The molecule has 0 spiro atoms. The standard InChI is InChI=1S/C8H10Cl2N2O/c1-4(13)7(11)5-2-6(9)8(10)12-3-5/h2-4,7,13H,11H2,1H3/t4-,7-/m0/s1. The van der Waals surface area contributed by atoms with Gasteiger partial charge in [-0.25, -0.2) is 4.98 Å². The van der Waals surface area contributed by atoms with E-state index in [-0.39, 0.29) is 5.15 Å². The van der Waals surface area contributed by atoms with E-state index in [9.17, 15) is 5.11 Å². The number of nitrogens with two attached hydrogens (primary N) is 1. The van der Waals surface area contributed by atoms with Crippen molar-refractivity contribution in [2.75, 3.05) is 0 Å². The van der Waals surface area contributed by atoms with Gasteiger partial charge in [0.15, 0.2) is 0 Å².